The number of aromatic nitrogens is 1. The molecule has 0 spiro atoms. The summed E-state index contributed by atoms with van der Waals surface area (Å²) >= 11 is 0. The van der Waals surface area contributed by atoms with E-state index in [0.717, 1.165) is 28.9 Å². The molecule has 8 nitrogen and oxygen atoms in total. The first-order valence-electron chi connectivity index (χ1n) is 11.7. The first-order chi connectivity index (χ1) is 17.3. The number of aryl methyl sites for hydroxylation is 3. The number of carbonyl (C=O) groups is 2. The number of rotatable bonds is 12. The molecule has 0 aliphatic rings. The molecular weight excluding hydrogens is 462 g/mol. The van der Waals surface area contributed by atoms with Gasteiger partial charge in [0, 0.05) is 29.9 Å². The van der Waals surface area contributed by atoms with Crippen LogP contribution in [0.25, 0.3) is 0 Å². The zero-order valence-electron chi connectivity index (χ0n) is 21.4. The third-order valence-corrected chi connectivity index (χ3v) is 6.17. The number of hydrogen-bond acceptors (Lipinski definition) is 7. The molecule has 0 unspecified atom stereocenters. The molecule has 0 saturated carbocycles. The van der Waals surface area contributed by atoms with Gasteiger partial charge in [0.2, 0.25) is 5.78 Å². The fourth-order valence-electron chi connectivity index (χ4n) is 4.14. The van der Waals surface area contributed by atoms with Crippen molar-refractivity contribution < 1.29 is 33.6 Å². The molecule has 0 aliphatic carbocycles. The topological polar surface area (TPSA) is 96.2 Å². The predicted octanol–water partition coefficient (Wildman–Crippen LogP) is 4.44. The number of ketones is 1. The monoisotopic (exact) mass is 495 g/mol. The number of esters is 1. The quantitative estimate of drug-likeness (QED) is 0.293. The molecule has 1 heterocycles. The molecule has 0 atom stereocenters. The van der Waals surface area contributed by atoms with Crippen molar-refractivity contribution in [3.8, 4) is 23.0 Å². The van der Waals surface area contributed by atoms with Crippen molar-refractivity contribution in [3.63, 3.8) is 0 Å². The van der Waals surface area contributed by atoms with Gasteiger partial charge in [0.15, 0.2) is 29.6 Å². The Balaban J connectivity index is 1.55. The number of methoxy groups -OCH3 is 3. The maximum Gasteiger partial charge on any atom is 0.306 e. The van der Waals surface area contributed by atoms with Crippen LogP contribution in [-0.2, 0) is 28.9 Å². The lowest BCUT2D eigenvalue weighted by atomic mass is 10.1. The maximum absolute atomic E-state index is 12.8. The zero-order valence-corrected chi connectivity index (χ0v) is 21.4. The van der Waals surface area contributed by atoms with Gasteiger partial charge in [0.25, 0.3) is 0 Å². The number of aromatic hydroxyl groups is 1. The Kier molecular flexibility index (Phi) is 9.00. The lowest BCUT2D eigenvalue weighted by Gasteiger charge is -2.12. The molecule has 0 aliphatic heterocycles. The number of nitrogens with zero attached hydrogens (tertiary/aromatic N) is 1. The van der Waals surface area contributed by atoms with E-state index in [1.807, 2.05) is 38.1 Å². The SMILES string of the molecule is COc1ccc(CCC(=O)OCC(=O)c2cc(C)n(CCc3ccc(OC)c(OC)c3)c2C)cc1O. The first-order valence-corrected chi connectivity index (χ1v) is 11.7. The predicted molar refractivity (Wildman–Crippen MR) is 135 cm³/mol. The number of hydrogen-bond donors (Lipinski definition) is 1. The van der Waals surface area contributed by atoms with Gasteiger partial charge in [-0.05, 0) is 68.1 Å². The van der Waals surface area contributed by atoms with E-state index in [1.165, 1.54) is 7.11 Å². The van der Waals surface area contributed by atoms with E-state index in [1.54, 1.807) is 32.4 Å². The van der Waals surface area contributed by atoms with Crippen molar-refractivity contribution in [3.05, 3.63) is 70.5 Å². The fourth-order valence-corrected chi connectivity index (χ4v) is 4.14. The number of ether oxygens (including phenoxy) is 4. The van der Waals surface area contributed by atoms with E-state index < -0.39 is 5.97 Å². The second kappa shape index (κ2) is 12.2. The Hall–Kier alpha value is -3.94. The van der Waals surface area contributed by atoms with Crippen LogP contribution < -0.4 is 14.2 Å². The molecule has 1 aromatic heterocycles. The number of Topliss-reactive ketones (excluding diaryl/α,β-unsaturated/α-hetero) is 1. The minimum absolute atomic E-state index is 0.0139. The highest BCUT2D eigenvalue weighted by Gasteiger charge is 2.18. The molecule has 0 radical (unpaired) electrons. The summed E-state index contributed by atoms with van der Waals surface area (Å²) in [6, 6.07) is 12.6. The molecule has 1 N–H and O–H groups in total. The minimum atomic E-state index is -0.471. The lowest BCUT2D eigenvalue weighted by Crippen LogP contribution is -2.15. The van der Waals surface area contributed by atoms with Crippen LogP contribution in [0.2, 0.25) is 0 Å². The molecule has 8 heteroatoms. The summed E-state index contributed by atoms with van der Waals surface area (Å²) in [4.78, 5) is 25.0. The van der Waals surface area contributed by atoms with Crippen LogP contribution in [0.1, 0.15) is 39.3 Å². The van der Waals surface area contributed by atoms with Crippen LogP contribution in [-0.4, -0.2) is 49.4 Å². The zero-order chi connectivity index (χ0) is 26.2. The van der Waals surface area contributed by atoms with Crippen LogP contribution in [0.5, 0.6) is 23.0 Å². The molecule has 192 valence electrons. The number of benzene rings is 2. The largest absolute Gasteiger partial charge is 0.504 e. The summed E-state index contributed by atoms with van der Waals surface area (Å²) in [6.45, 7) is 4.23. The lowest BCUT2D eigenvalue weighted by molar-refractivity contribution is -0.142. The van der Waals surface area contributed by atoms with Crippen molar-refractivity contribution in [2.75, 3.05) is 27.9 Å². The van der Waals surface area contributed by atoms with Crippen molar-refractivity contribution in [1.29, 1.82) is 0 Å². The molecule has 3 aromatic rings. The summed E-state index contributed by atoms with van der Waals surface area (Å²) in [5.74, 6) is 1.03. The molecule has 0 fully saturated rings. The van der Waals surface area contributed by atoms with Gasteiger partial charge in [0.05, 0.1) is 21.3 Å². The van der Waals surface area contributed by atoms with E-state index in [0.29, 0.717) is 35.8 Å². The number of phenols is 1. The highest BCUT2D eigenvalue weighted by Crippen LogP contribution is 2.28. The standard InChI is InChI=1S/C28H33NO7/c1-18-14-22(19(2)29(18)13-12-21-7-10-26(34-4)27(16-21)35-5)24(31)17-36-28(32)11-8-20-6-9-25(33-3)23(30)15-20/h6-7,9-10,14-16,30H,8,11-13,17H2,1-5H3. The van der Waals surface area contributed by atoms with E-state index in [9.17, 15) is 14.7 Å². The average Bonchev–Trinajstić information content (AvgIpc) is 3.17. The first kappa shape index (κ1) is 26.7. The fraction of sp³-hybridized carbons (Fsp3) is 0.357. The smallest absolute Gasteiger partial charge is 0.306 e. The van der Waals surface area contributed by atoms with Crippen LogP contribution >= 0.6 is 0 Å². The highest BCUT2D eigenvalue weighted by atomic mass is 16.5. The van der Waals surface area contributed by atoms with E-state index >= 15 is 0 Å². The number of phenolic OH excluding ortho intramolecular Hbond substituents is 1. The maximum atomic E-state index is 12.8. The summed E-state index contributed by atoms with van der Waals surface area (Å²) < 4.78 is 23.0. The van der Waals surface area contributed by atoms with Gasteiger partial charge in [-0.15, -0.1) is 0 Å². The minimum Gasteiger partial charge on any atom is -0.504 e. The van der Waals surface area contributed by atoms with Crippen molar-refractivity contribution >= 4 is 11.8 Å². The van der Waals surface area contributed by atoms with Gasteiger partial charge in [-0.3, -0.25) is 9.59 Å². The van der Waals surface area contributed by atoms with Gasteiger partial charge in [-0.1, -0.05) is 12.1 Å². The molecule has 0 amide bonds. The Labute approximate surface area is 211 Å². The van der Waals surface area contributed by atoms with Gasteiger partial charge in [-0.25, -0.2) is 0 Å². The van der Waals surface area contributed by atoms with Crippen LogP contribution in [0, 0.1) is 13.8 Å². The summed E-state index contributed by atoms with van der Waals surface area (Å²) in [7, 11) is 4.68. The van der Waals surface area contributed by atoms with Crippen LogP contribution in [0.4, 0.5) is 0 Å². The van der Waals surface area contributed by atoms with Crippen molar-refractivity contribution in [1.82, 2.24) is 4.57 Å². The Morgan fingerprint density at radius 2 is 1.47 bits per heavy atom. The van der Waals surface area contributed by atoms with Gasteiger partial charge >= 0.3 is 5.97 Å². The average molecular weight is 496 g/mol. The van der Waals surface area contributed by atoms with Crippen molar-refractivity contribution in [2.24, 2.45) is 0 Å². The Morgan fingerprint density at radius 3 is 2.11 bits per heavy atom. The summed E-state index contributed by atoms with van der Waals surface area (Å²) in [5.41, 5.74) is 4.21. The van der Waals surface area contributed by atoms with Crippen LogP contribution in [0.15, 0.2) is 42.5 Å². The van der Waals surface area contributed by atoms with E-state index in [4.69, 9.17) is 18.9 Å². The van der Waals surface area contributed by atoms with E-state index in [2.05, 4.69) is 4.57 Å². The van der Waals surface area contributed by atoms with E-state index in [-0.39, 0.29) is 24.6 Å². The molecule has 2 aromatic carbocycles. The molecule has 3 rings (SSSR count). The highest BCUT2D eigenvalue weighted by molar-refractivity contribution is 5.99. The molecule has 0 saturated heterocycles. The van der Waals surface area contributed by atoms with Gasteiger partial charge in [0.1, 0.15) is 0 Å². The Morgan fingerprint density at radius 1 is 0.833 bits per heavy atom. The van der Waals surface area contributed by atoms with Gasteiger partial charge in [-0.2, -0.15) is 0 Å². The summed E-state index contributed by atoms with van der Waals surface area (Å²) in [6.07, 6.45) is 1.23. The van der Waals surface area contributed by atoms with Crippen LogP contribution in [0.3, 0.4) is 0 Å². The second-order valence-corrected chi connectivity index (χ2v) is 8.47. The number of carbonyl (C=O) groups excluding carboxylic acids is 2. The normalized spacial score (nSPS) is 10.7. The molecular formula is C28H33NO7. The molecule has 36 heavy (non-hydrogen) atoms. The third kappa shape index (κ3) is 6.38. The van der Waals surface area contributed by atoms with Gasteiger partial charge < -0.3 is 28.6 Å². The molecule has 0 bridgehead atoms. The third-order valence-electron chi connectivity index (χ3n) is 6.17. The Bertz CT molecular complexity index is 1230. The second-order valence-electron chi connectivity index (χ2n) is 8.47. The van der Waals surface area contributed by atoms with Crippen molar-refractivity contribution in [2.45, 2.75) is 39.7 Å². The summed E-state index contributed by atoms with van der Waals surface area (Å²) in [5, 5.41) is 9.86.